The average molecular weight is 167 g/mol. The molecule has 0 amide bonds. The standard InChI is InChI=1S/C9H13NO2/c1-2-9(12-5-1)3-4-10-8-6-11-7-8/h1-2,5,8,10H,3-4,6-7H2. The SMILES string of the molecule is c1coc(CCNC2COC2)c1. The smallest absolute Gasteiger partial charge is 0.105 e. The van der Waals surface area contributed by atoms with E-state index in [1.165, 1.54) is 0 Å². The van der Waals surface area contributed by atoms with Crippen LogP contribution in [0.2, 0.25) is 0 Å². The van der Waals surface area contributed by atoms with Gasteiger partial charge in [0.05, 0.1) is 25.5 Å². The summed E-state index contributed by atoms with van der Waals surface area (Å²) in [5, 5.41) is 3.37. The van der Waals surface area contributed by atoms with Crippen molar-refractivity contribution in [1.29, 1.82) is 0 Å². The molecule has 0 spiro atoms. The molecule has 1 aromatic heterocycles. The van der Waals surface area contributed by atoms with Crippen molar-refractivity contribution < 1.29 is 9.15 Å². The van der Waals surface area contributed by atoms with Gasteiger partial charge in [0.1, 0.15) is 5.76 Å². The summed E-state index contributed by atoms with van der Waals surface area (Å²) in [6, 6.07) is 4.49. The fourth-order valence-corrected chi connectivity index (χ4v) is 1.21. The van der Waals surface area contributed by atoms with Gasteiger partial charge in [-0.05, 0) is 12.1 Å². The lowest BCUT2D eigenvalue weighted by molar-refractivity contribution is -0.00479. The topological polar surface area (TPSA) is 34.4 Å². The highest BCUT2D eigenvalue weighted by Crippen LogP contribution is 2.02. The molecule has 1 N–H and O–H groups in total. The van der Waals surface area contributed by atoms with E-state index in [1.807, 2.05) is 12.1 Å². The van der Waals surface area contributed by atoms with Crippen LogP contribution >= 0.6 is 0 Å². The number of rotatable bonds is 4. The van der Waals surface area contributed by atoms with Gasteiger partial charge >= 0.3 is 0 Å². The van der Waals surface area contributed by atoms with Crippen molar-refractivity contribution in [1.82, 2.24) is 5.32 Å². The van der Waals surface area contributed by atoms with E-state index >= 15 is 0 Å². The molecule has 0 unspecified atom stereocenters. The first-order valence-electron chi connectivity index (χ1n) is 4.28. The van der Waals surface area contributed by atoms with Gasteiger partial charge in [0, 0.05) is 13.0 Å². The van der Waals surface area contributed by atoms with Gasteiger partial charge < -0.3 is 14.5 Å². The Bertz CT molecular complexity index is 216. The summed E-state index contributed by atoms with van der Waals surface area (Å²) < 4.78 is 10.2. The zero-order valence-electron chi connectivity index (χ0n) is 6.95. The van der Waals surface area contributed by atoms with Gasteiger partial charge in [-0.1, -0.05) is 0 Å². The molecule has 66 valence electrons. The maximum absolute atomic E-state index is 5.20. The molecule has 0 saturated carbocycles. The Hall–Kier alpha value is -0.800. The van der Waals surface area contributed by atoms with Gasteiger partial charge in [-0.25, -0.2) is 0 Å². The monoisotopic (exact) mass is 167 g/mol. The number of hydrogen-bond donors (Lipinski definition) is 1. The molecule has 3 nitrogen and oxygen atoms in total. The van der Waals surface area contributed by atoms with E-state index < -0.39 is 0 Å². The van der Waals surface area contributed by atoms with Crippen LogP contribution in [0, 0.1) is 0 Å². The van der Waals surface area contributed by atoms with Crippen LogP contribution in [0.4, 0.5) is 0 Å². The molecule has 1 saturated heterocycles. The molecule has 2 heterocycles. The molecule has 0 aliphatic carbocycles. The minimum atomic E-state index is 0.569. The Kier molecular flexibility index (Phi) is 2.44. The molecule has 3 heteroatoms. The van der Waals surface area contributed by atoms with E-state index in [0.29, 0.717) is 6.04 Å². The van der Waals surface area contributed by atoms with E-state index in [-0.39, 0.29) is 0 Å². The molecule has 1 aromatic rings. The van der Waals surface area contributed by atoms with Gasteiger partial charge in [0.25, 0.3) is 0 Å². The molecule has 0 atom stereocenters. The minimum Gasteiger partial charge on any atom is -0.469 e. The normalized spacial score (nSPS) is 17.7. The van der Waals surface area contributed by atoms with Crippen LogP contribution in [0.15, 0.2) is 22.8 Å². The lowest BCUT2D eigenvalue weighted by Gasteiger charge is -2.26. The van der Waals surface area contributed by atoms with Gasteiger partial charge in [-0.15, -0.1) is 0 Å². The molecule has 1 aliphatic heterocycles. The van der Waals surface area contributed by atoms with Gasteiger partial charge in [0.15, 0.2) is 0 Å². The zero-order valence-corrected chi connectivity index (χ0v) is 6.95. The Morgan fingerprint density at radius 1 is 1.50 bits per heavy atom. The third-order valence-corrected chi connectivity index (χ3v) is 2.02. The van der Waals surface area contributed by atoms with E-state index in [4.69, 9.17) is 9.15 Å². The molecule has 12 heavy (non-hydrogen) atoms. The average Bonchev–Trinajstić information content (AvgIpc) is 2.46. The summed E-state index contributed by atoms with van der Waals surface area (Å²) in [6.45, 7) is 2.69. The van der Waals surface area contributed by atoms with Crippen LogP contribution in [0.3, 0.4) is 0 Å². The summed E-state index contributed by atoms with van der Waals surface area (Å²) in [7, 11) is 0. The van der Waals surface area contributed by atoms with Gasteiger partial charge in [0.2, 0.25) is 0 Å². The van der Waals surface area contributed by atoms with Crippen molar-refractivity contribution in [3.8, 4) is 0 Å². The van der Waals surface area contributed by atoms with Crippen LogP contribution < -0.4 is 5.32 Å². The largest absolute Gasteiger partial charge is 0.469 e. The zero-order chi connectivity index (χ0) is 8.23. The Balaban J connectivity index is 1.62. The first-order chi connectivity index (χ1) is 5.95. The Labute approximate surface area is 71.7 Å². The van der Waals surface area contributed by atoms with Crippen molar-refractivity contribution in [2.45, 2.75) is 12.5 Å². The second kappa shape index (κ2) is 3.74. The Morgan fingerprint density at radius 3 is 3.00 bits per heavy atom. The minimum absolute atomic E-state index is 0.569. The van der Waals surface area contributed by atoms with Crippen LogP contribution in [-0.4, -0.2) is 25.8 Å². The van der Waals surface area contributed by atoms with Crippen molar-refractivity contribution >= 4 is 0 Å². The highest BCUT2D eigenvalue weighted by atomic mass is 16.5. The fraction of sp³-hybridized carbons (Fsp3) is 0.556. The molecule has 0 radical (unpaired) electrons. The van der Waals surface area contributed by atoms with Crippen molar-refractivity contribution in [3.05, 3.63) is 24.2 Å². The molecule has 2 rings (SSSR count). The first kappa shape index (κ1) is 7.83. The van der Waals surface area contributed by atoms with E-state index in [9.17, 15) is 0 Å². The lowest BCUT2D eigenvalue weighted by atomic mass is 10.2. The van der Waals surface area contributed by atoms with E-state index in [0.717, 1.165) is 31.9 Å². The third kappa shape index (κ3) is 1.87. The Morgan fingerprint density at radius 2 is 2.42 bits per heavy atom. The van der Waals surface area contributed by atoms with Crippen LogP contribution in [-0.2, 0) is 11.2 Å². The summed E-state index contributed by atoms with van der Waals surface area (Å²) in [5.74, 6) is 1.04. The number of furan rings is 1. The lowest BCUT2D eigenvalue weighted by Crippen LogP contribution is -2.46. The number of hydrogen-bond acceptors (Lipinski definition) is 3. The summed E-state index contributed by atoms with van der Waals surface area (Å²) in [5.41, 5.74) is 0. The maximum Gasteiger partial charge on any atom is 0.105 e. The maximum atomic E-state index is 5.20. The second-order valence-electron chi connectivity index (χ2n) is 3.02. The highest BCUT2D eigenvalue weighted by molar-refractivity contribution is 4.98. The molecular formula is C9H13NO2. The quantitative estimate of drug-likeness (QED) is 0.720. The molecular weight excluding hydrogens is 154 g/mol. The van der Waals surface area contributed by atoms with Crippen LogP contribution in [0.5, 0.6) is 0 Å². The summed E-state index contributed by atoms with van der Waals surface area (Å²) >= 11 is 0. The highest BCUT2D eigenvalue weighted by Gasteiger charge is 2.16. The molecule has 0 bridgehead atoms. The second-order valence-corrected chi connectivity index (χ2v) is 3.02. The van der Waals surface area contributed by atoms with E-state index in [2.05, 4.69) is 5.32 Å². The van der Waals surface area contributed by atoms with E-state index in [1.54, 1.807) is 6.26 Å². The van der Waals surface area contributed by atoms with Crippen LogP contribution in [0.25, 0.3) is 0 Å². The number of nitrogens with one attached hydrogen (secondary N) is 1. The molecule has 1 aliphatic rings. The van der Waals surface area contributed by atoms with Gasteiger partial charge in [-0.3, -0.25) is 0 Å². The van der Waals surface area contributed by atoms with Crippen LogP contribution in [0.1, 0.15) is 5.76 Å². The summed E-state index contributed by atoms with van der Waals surface area (Å²) in [6.07, 6.45) is 2.67. The fourth-order valence-electron chi connectivity index (χ4n) is 1.21. The third-order valence-electron chi connectivity index (χ3n) is 2.02. The van der Waals surface area contributed by atoms with Crippen molar-refractivity contribution in [2.75, 3.05) is 19.8 Å². The molecule has 1 fully saturated rings. The van der Waals surface area contributed by atoms with Gasteiger partial charge in [-0.2, -0.15) is 0 Å². The summed E-state index contributed by atoms with van der Waals surface area (Å²) in [4.78, 5) is 0. The van der Waals surface area contributed by atoms with Crippen molar-refractivity contribution in [2.24, 2.45) is 0 Å². The number of ether oxygens (including phenoxy) is 1. The first-order valence-corrected chi connectivity index (χ1v) is 4.28. The van der Waals surface area contributed by atoms with Crippen molar-refractivity contribution in [3.63, 3.8) is 0 Å². The predicted molar refractivity (Wildman–Crippen MR) is 45.0 cm³/mol. The molecule has 0 aromatic carbocycles. The predicted octanol–water partition coefficient (Wildman–Crippen LogP) is 0.810.